The van der Waals surface area contributed by atoms with Crippen molar-refractivity contribution in [1.82, 2.24) is 15.1 Å². The molecule has 6 heteroatoms. The maximum atomic E-state index is 12.2. The predicted molar refractivity (Wildman–Crippen MR) is 93.4 cm³/mol. The van der Waals surface area contributed by atoms with Gasteiger partial charge in [0, 0.05) is 18.3 Å². The zero-order valence-electron chi connectivity index (χ0n) is 13.4. The highest BCUT2D eigenvalue weighted by Gasteiger charge is 2.08. The summed E-state index contributed by atoms with van der Waals surface area (Å²) in [6.07, 6.45) is 2.72. The van der Waals surface area contributed by atoms with Crippen molar-refractivity contribution in [3.63, 3.8) is 0 Å². The third-order valence-corrected chi connectivity index (χ3v) is 3.76. The third kappa shape index (κ3) is 4.11. The van der Waals surface area contributed by atoms with Crippen LogP contribution in [0.25, 0.3) is 11.1 Å². The molecule has 25 heavy (non-hydrogen) atoms. The van der Waals surface area contributed by atoms with Gasteiger partial charge in [-0.1, -0.05) is 42.5 Å². The number of nitrogens with one attached hydrogen (secondary N) is 1. The average Bonchev–Trinajstić information content (AvgIpc) is 3.12. The Balaban J connectivity index is 1.55. The number of carboxylic acid groups (broad SMARTS) is 1. The second-order valence-electron chi connectivity index (χ2n) is 5.50. The van der Waals surface area contributed by atoms with Gasteiger partial charge in [0.15, 0.2) is 0 Å². The van der Waals surface area contributed by atoms with E-state index in [1.165, 1.54) is 17.1 Å². The van der Waals surface area contributed by atoms with Gasteiger partial charge in [0.2, 0.25) is 0 Å². The number of benzene rings is 2. The summed E-state index contributed by atoms with van der Waals surface area (Å²) in [4.78, 5) is 22.9. The molecule has 2 aromatic carbocycles. The van der Waals surface area contributed by atoms with E-state index < -0.39 is 5.97 Å². The zero-order chi connectivity index (χ0) is 17.6. The molecule has 0 saturated carbocycles. The second kappa shape index (κ2) is 7.44. The molecule has 0 atom stereocenters. The second-order valence-corrected chi connectivity index (χ2v) is 5.50. The number of nitrogens with zero attached hydrogens (tertiary/aromatic N) is 2. The first-order valence-electron chi connectivity index (χ1n) is 7.83. The van der Waals surface area contributed by atoms with Crippen molar-refractivity contribution in [3.05, 3.63) is 78.1 Å². The first-order valence-corrected chi connectivity index (χ1v) is 7.83. The number of carbonyl (C=O) groups excluding carboxylic acids is 1. The molecule has 0 bridgehead atoms. The average molecular weight is 335 g/mol. The molecule has 0 aliphatic carbocycles. The molecule has 3 rings (SSSR count). The number of amides is 1. The highest BCUT2D eigenvalue weighted by Crippen LogP contribution is 2.19. The maximum Gasteiger partial charge on any atom is 0.338 e. The lowest BCUT2D eigenvalue weighted by atomic mass is 10.0. The summed E-state index contributed by atoms with van der Waals surface area (Å²) >= 11 is 0. The zero-order valence-corrected chi connectivity index (χ0v) is 13.4. The van der Waals surface area contributed by atoms with Crippen molar-refractivity contribution in [3.8, 4) is 11.1 Å². The molecule has 0 radical (unpaired) electrons. The Kier molecular flexibility index (Phi) is 4.89. The van der Waals surface area contributed by atoms with Gasteiger partial charge in [-0.05, 0) is 23.3 Å². The lowest BCUT2D eigenvalue weighted by Crippen LogP contribution is -2.27. The molecule has 0 saturated heterocycles. The smallest absolute Gasteiger partial charge is 0.338 e. The summed E-state index contributed by atoms with van der Waals surface area (Å²) in [6, 6.07) is 17.3. The van der Waals surface area contributed by atoms with Crippen LogP contribution in [0.1, 0.15) is 20.7 Å². The van der Waals surface area contributed by atoms with Crippen LogP contribution in [0.5, 0.6) is 0 Å². The predicted octanol–water partition coefficient (Wildman–Crippen LogP) is 2.68. The Morgan fingerprint density at radius 3 is 2.28 bits per heavy atom. The molecule has 0 aliphatic heterocycles. The summed E-state index contributed by atoms with van der Waals surface area (Å²) in [7, 11) is 0. The SMILES string of the molecule is O=C(O)c1cnn(CCNC(=O)c2ccc(-c3ccccc3)cc2)c1. The van der Waals surface area contributed by atoms with E-state index in [-0.39, 0.29) is 11.5 Å². The number of aromatic nitrogens is 2. The van der Waals surface area contributed by atoms with Gasteiger partial charge in [-0.3, -0.25) is 9.48 Å². The molecule has 1 amide bonds. The first kappa shape index (κ1) is 16.4. The fraction of sp³-hybridized carbons (Fsp3) is 0.105. The van der Waals surface area contributed by atoms with Gasteiger partial charge in [-0.2, -0.15) is 5.10 Å². The van der Waals surface area contributed by atoms with Gasteiger partial charge < -0.3 is 10.4 Å². The molecular formula is C19H17N3O3. The van der Waals surface area contributed by atoms with Gasteiger partial charge in [0.25, 0.3) is 5.91 Å². The molecule has 3 aromatic rings. The van der Waals surface area contributed by atoms with Crippen LogP contribution in [0.2, 0.25) is 0 Å². The van der Waals surface area contributed by atoms with Crippen LogP contribution < -0.4 is 5.32 Å². The first-order chi connectivity index (χ1) is 12.1. The van der Waals surface area contributed by atoms with Gasteiger partial charge in [0.1, 0.15) is 0 Å². The van der Waals surface area contributed by atoms with Gasteiger partial charge in [-0.15, -0.1) is 0 Å². The molecule has 2 N–H and O–H groups in total. The number of hydrogen-bond acceptors (Lipinski definition) is 3. The fourth-order valence-electron chi connectivity index (χ4n) is 2.43. The van der Waals surface area contributed by atoms with Crippen molar-refractivity contribution in [1.29, 1.82) is 0 Å². The van der Waals surface area contributed by atoms with Crippen LogP contribution in [0.15, 0.2) is 67.0 Å². The van der Waals surface area contributed by atoms with E-state index >= 15 is 0 Å². The highest BCUT2D eigenvalue weighted by atomic mass is 16.4. The number of hydrogen-bond donors (Lipinski definition) is 2. The number of aromatic carboxylic acids is 1. The van der Waals surface area contributed by atoms with E-state index in [9.17, 15) is 9.59 Å². The van der Waals surface area contributed by atoms with Gasteiger partial charge >= 0.3 is 5.97 Å². The minimum absolute atomic E-state index is 0.128. The summed E-state index contributed by atoms with van der Waals surface area (Å²) in [5, 5.41) is 15.6. The fourth-order valence-corrected chi connectivity index (χ4v) is 2.43. The number of rotatable bonds is 6. The molecule has 0 fully saturated rings. The Hall–Kier alpha value is -3.41. The van der Waals surface area contributed by atoms with Crippen LogP contribution >= 0.6 is 0 Å². The third-order valence-electron chi connectivity index (χ3n) is 3.76. The lowest BCUT2D eigenvalue weighted by molar-refractivity contribution is 0.0696. The molecule has 0 unspecified atom stereocenters. The van der Waals surface area contributed by atoms with E-state index in [0.717, 1.165) is 11.1 Å². The summed E-state index contributed by atoms with van der Waals surface area (Å²) in [5.41, 5.74) is 2.85. The molecule has 126 valence electrons. The van der Waals surface area contributed by atoms with E-state index in [4.69, 9.17) is 5.11 Å². The van der Waals surface area contributed by atoms with Crippen molar-refractivity contribution >= 4 is 11.9 Å². The summed E-state index contributed by atoms with van der Waals surface area (Å²) < 4.78 is 1.49. The Morgan fingerprint density at radius 1 is 0.960 bits per heavy atom. The van der Waals surface area contributed by atoms with Crippen LogP contribution in [0, 0.1) is 0 Å². The van der Waals surface area contributed by atoms with Crippen LogP contribution in [0.4, 0.5) is 0 Å². The van der Waals surface area contributed by atoms with E-state index in [1.54, 1.807) is 12.1 Å². The molecule has 1 heterocycles. The van der Waals surface area contributed by atoms with Crippen LogP contribution in [-0.2, 0) is 6.54 Å². The summed E-state index contributed by atoms with van der Waals surface area (Å²) in [5.74, 6) is -1.20. The standard InChI is InChI=1S/C19H17N3O3/c23-18(20-10-11-22-13-17(12-21-22)19(24)25)16-8-6-15(7-9-16)14-4-2-1-3-5-14/h1-9,12-13H,10-11H2,(H,20,23)(H,24,25). The van der Waals surface area contributed by atoms with E-state index in [0.29, 0.717) is 18.7 Å². The monoisotopic (exact) mass is 335 g/mol. The van der Waals surface area contributed by atoms with E-state index in [1.807, 2.05) is 42.5 Å². The van der Waals surface area contributed by atoms with E-state index in [2.05, 4.69) is 10.4 Å². The molecule has 6 nitrogen and oxygen atoms in total. The normalized spacial score (nSPS) is 10.4. The highest BCUT2D eigenvalue weighted by molar-refractivity contribution is 5.94. The van der Waals surface area contributed by atoms with Crippen molar-refractivity contribution in [2.45, 2.75) is 6.54 Å². The van der Waals surface area contributed by atoms with Crippen molar-refractivity contribution < 1.29 is 14.7 Å². The Bertz CT molecular complexity index is 870. The van der Waals surface area contributed by atoms with Crippen LogP contribution in [0.3, 0.4) is 0 Å². The lowest BCUT2D eigenvalue weighted by Gasteiger charge is -2.07. The maximum absolute atomic E-state index is 12.2. The minimum Gasteiger partial charge on any atom is -0.478 e. The van der Waals surface area contributed by atoms with Crippen LogP contribution in [-0.4, -0.2) is 33.3 Å². The number of carbonyl (C=O) groups is 2. The summed E-state index contributed by atoms with van der Waals surface area (Å²) in [6.45, 7) is 0.765. The molecule has 0 aliphatic rings. The Labute approximate surface area is 144 Å². The largest absolute Gasteiger partial charge is 0.478 e. The van der Waals surface area contributed by atoms with Gasteiger partial charge in [0.05, 0.1) is 18.3 Å². The van der Waals surface area contributed by atoms with Gasteiger partial charge in [-0.25, -0.2) is 4.79 Å². The minimum atomic E-state index is -1.02. The van der Waals surface area contributed by atoms with Crippen molar-refractivity contribution in [2.24, 2.45) is 0 Å². The van der Waals surface area contributed by atoms with Crippen molar-refractivity contribution in [2.75, 3.05) is 6.54 Å². The Morgan fingerprint density at radius 2 is 1.64 bits per heavy atom. The number of carboxylic acids is 1. The topological polar surface area (TPSA) is 84.2 Å². The molecular weight excluding hydrogens is 318 g/mol. The quantitative estimate of drug-likeness (QED) is 0.725. The molecule has 0 spiro atoms. The molecule has 1 aromatic heterocycles.